The van der Waals surface area contributed by atoms with Gasteiger partial charge in [0.15, 0.2) is 0 Å². The van der Waals surface area contributed by atoms with Gasteiger partial charge in [0.25, 0.3) is 0 Å². The molecule has 8 atom stereocenters. The van der Waals surface area contributed by atoms with Gasteiger partial charge >= 0.3 is 0 Å². The highest BCUT2D eigenvalue weighted by Gasteiger charge is 2.23. The van der Waals surface area contributed by atoms with E-state index in [-0.39, 0.29) is 30.5 Å². The van der Waals surface area contributed by atoms with Crippen LogP contribution < -0.4 is 0 Å². The number of hydrogen-bond acceptors (Lipinski definition) is 8. The van der Waals surface area contributed by atoms with E-state index in [1.807, 2.05) is 0 Å². The second kappa shape index (κ2) is 24.2. The molecule has 40 heavy (non-hydrogen) atoms. The molecular formula is C32H64O8. The monoisotopic (exact) mass is 576 g/mol. The maximum Gasteiger partial charge on any atom is 0.105 e. The van der Waals surface area contributed by atoms with E-state index in [4.69, 9.17) is 37.9 Å². The van der Waals surface area contributed by atoms with E-state index in [9.17, 15) is 0 Å². The molecule has 0 N–H and O–H groups in total. The highest BCUT2D eigenvalue weighted by molar-refractivity contribution is 4.69. The van der Waals surface area contributed by atoms with Gasteiger partial charge < -0.3 is 37.9 Å². The summed E-state index contributed by atoms with van der Waals surface area (Å²) in [5, 5.41) is 0. The van der Waals surface area contributed by atoms with E-state index >= 15 is 0 Å². The van der Waals surface area contributed by atoms with Crippen LogP contribution in [0.1, 0.15) is 87.5 Å². The molecule has 0 radical (unpaired) electrons. The van der Waals surface area contributed by atoms with Gasteiger partial charge in [0.05, 0.1) is 77.8 Å². The molecule has 0 amide bonds. The summed E-state index contributed by atoms with van der Waals surface area (Å²) in [6.07, 6.45) is 4.94. The topological polar surface area (TPSA) is 73.8 Å². The molecule has 1 aliphatic rings. The first kappa shape index (κ1) is 37.7. The molecule has 1 rings (SSSR count). The zero-order valence-corrected chi connectivity index (χ0v) is 27.2. The van der Waals surface area contributed by atoms with E-state index in [0.717, 1.165) is 45.3 Å². The maximum atomic E-state index is 6.45. The fourth-order valence-corrected chi connectivity index (χ4v) is 4.04. The van der Waals surface area contributed by atoms with Gasteiger partial charge in [-0.15, -0.1) is 0 Å². The Labute approximate surface area is 246 Å². The third-order valence-corrected chi connectivity index (χ3v) is 7.48. The summed E-state index contributed by atoms with van der Waals surface area (Å²) in [6, 6.07) is 0. The van der Waals surface area contributed by atoms with Gasteiger partial charge in [-0.25, -0.2) is 0 Å². The van der Waals surface area contributed by atoms with Crippen LogP contribution in [0.15, 0.2) is 0 Å². The molecule has 1 heterocycles. The Balaban J connectivity index is 2.53. The van der Waals surface area contributed by atoms with Crippen molar-refractivity contribution in [1.29, 1.82) is 0 Å². The maximum absolute atomic E-state index is 6.45. The summed E-state index contributed by atoms with van der Waals surface area (Å²) in [6.45, 7) is 24.0. The first-order valence-corrected chi connectivity index (χ1v) is 16.2. The van der Waals surface area contributed by atoms with Crippen molar-refractivity contribution in [2.24, 2.45) is 17.8 Å². The van der Waals surface area contributed by atoms with Crippen LogP contribution in [0.2, 0.25) is 0 Å². The molecule has 8 nitrogen and oxygen atoms in total. The molecule has 8 heteroatoms. The Morgan fingerprint density at radius 1 is 0.550 bits per heavy atom. The average Bonchev–Trinajstić information content (AvgIpc) is 2.97. The first-order chi connectivity index (χ1) is 19.3. The lowest BCUT2D eigenvalue weighted by molar-refractivity contribution is -0.167. The standard InChI is InChI=1S/C32H64O8/c1-9-25(6)14-33-15-27(8)16-34-21-31(22-35-18-28(11-3)38-17-26(7)10-2)39-29(12-4)19-36-23-32-24-37-20-30(13-5)40-32/h25-32H,9-24H2,1-8H3. The summed E-state index contributed by atoms with van der Waals surface area (Å²) in [5.74, 6) is 1.46. The van der Waals surface area contributed by atoms with Crippen LogP contribution >= 0.6 is 0 Å². The predicted molar refractivity (Wildman–Crippen MR) is 160 cm³/mol. The normalized spacial score (nSPS) is 22.5. The lowest BCUT2D eigenvalue weighted by Crippen LogP contribution is -2.39. The Kier molecular flexibility index (Phi) is 22.8. The van der Waals surface area contributed by atoms with Crippen molar-refractivity contribution in [3.8, 4) is 0 Å². The summed E-state index contributed by atoms with van der Waals surface area (Å²) in [5.41, 5.74) is 0. The van der Waals surface area contributed by atoms with Crippen molar-refractivity contribution in [2.45, 2.75) is 118 Å². The zero-order chi connectivity index (χ0) is 29.6. The van der Waals surface area contributed by atoms with Gasteiger partial charge in [-0.05, 0) is 31.1 Å². The van der Waals surface area contributed by atoms with Crippen LogP contribution in [-0.4, -0.2) is 103 Å². The summed E-state index contributed by atoms with van der Waals surface area (Å²) in [7, 11) is 0. The van der Waals surface area contributed by atoms with E-state index in [2.05, 4.69) is 55.4 Å². The third kappa shape index (κ3) is 18.3. The smallest absolute Gasteiger partial charge is 0.105 e. The Morgan fingerprint density at radius 2 is 1.07 bits per heavy atom. The quantitative estimate of drug-likeness (QED) is 0.125. The minimum absolute atomic E-state index is 0.0240. The molecule has 8 unspecified atom stereocenters. The molecule has 1 saturated heterocycles. The minimum Gasteiger partial charge on any atom is -0.381 e. The number of rotatable bonds is 26. The van der Waals surface area contributed by atoms with Crippen LogP contribution in [0, 0.1) is 17.8 Å². The highest BCUT2D eigenvalue weighted by Crippen LogP contribution is 2.13. The van der Waals surface area contributed by atoms with Crippen LogP contribution in [0.25, 0.3) is 0 Å². The van der Waals surface area contributed by atoms with Crippen LogP contribution in [0.4, 0.5) is 0 Å². The Bertz CT molecular complexity index is 565. The van der Waals surface area contributed by atoms with E-state index < -0.39 is 0 Å². The van der Waals surface area contributed by atoms with E-state index in [0.29, 0.717) is 77.2 Å². The molecule has 1 aliphatic heterocycles. The van der Waals surface area contributed by atoms with Crippen LogP contribution in [0.5, 0.6) is 0 Å². The molecule has 0 aromatic rings. The summed E-state index contributed by atoms with van der Waals surface area (Å²) < 4.78 is 48.3. The second-order valence-corrected chi connectivity index (χ2v) is 11.8. The summed E-state index contributed by atoms with van der Waals surface area (Å²) in [4.78, 5) is 0. The number of hydrogen-bond donors (Lipinski definition) is 0. The largest absolute Gasteiger partial charge is 0.381 e. The lowest BCUT2D eigenvalue weighted by Gasteiger charge is -2.30. The Morgan fingerprint density at radius 3 is 1.70 bits per heavy atom. The van der Waals surface area contributed by atoms with Crippen LogP contribution in [0.3, 0.4) is 0 Å². The Hall–Kier alpha value is -0.320. The molecule has 0 aliphatic carbocycles. The van der Waals surface area contributed by atoms with Crippen LogP contribution in [-0.2, 0) is 37.9 Å². The average molecular weight is 577 g/mol. The zero-order valence-electron chi connectivity index (χ0n) is 27.2. The van der Waals surface area contributed by atoms with Crippen molar-refractivity contribution in [3.63, 3.8) is 0 Å². The molecular weight excluding hydrogens is 512 g/mol. The van der Waals surface area contributed by atoms with Crippen molar-refractivity contribution in [1.82, 2.24) is 0 Å². The minimum atomic E-state index is -0.187. The van der Waals surface area contributed by atoms with Crippen molar-refractivity contribution >= 4 is 0 Å². The van der Waals surface area contributed by atoms with E-state index in [1.165, 1.54) is 0 Å². The molecule has 0 saturated carbocycles. The van der Waals surface area contributed by atoms with Crippen molar-refractivity contribution in [3.05, 3.63) is 0 Å². The van der Waals surface area contributed by atoms with Gasteiger partial charge in [0, 0.05) is 19.1 Å². The molecule has 0 aromatic heterocycles. The predicted octanol–water partition coefficient (Wildman–Crippen LogP) is 5.93. The fourth-order valence-electron chi connectivity index (χ4n) is 4.04. The van der Waals surface area contributed by atoms with Gasteiger partial charge in [-0.1, -0.05) is 68.2 Å². The molecule has 240 valence electrons. The lowest BCUT2D eigenvalue weighted by atomic mass is 10.1. The highest BCUT2D eigenvalue weighted by atomic mass is 16.6. The second-order valence-electron chi connectivity index (χ2n) is 11.8. The first-order valence-electron chi connectivity index (χ1n) is 16.2. The molecule has 1 fully saturated rings. The molecule has 0 aromatic carbocycles. The third-order valence-electron chi connectivity index (χ3n) is 7.48. The van der Waals surface area contributed by atoms with Crippen molar-refractivity contribution in [2.75, 3.05) is 72.7 Å². The SMILES string of the molecule is CCC(C)COCC(C)COCC(COCC(CC)OCC(C)CC)OC(CC)COCC1COCC(CC)O1. The van der Waals surface area contributed by atoms with Gasteiger partial charge in [-0.2, -0.15) is 0 Å². The molecule has 0 spiro atoms. The van der Waals surface area contributed by atoms with E-state index in [1.54, 1.807) is 0 Å². The van der Waals surface area contributed by atoms with Crippen molar-refractivity contribution < 1.29 is 37.9 Å². The van der Waals surface area contributed by atoms with Gasteiger partial charge in [0.1, 0.15) is 12.2 Å². The fraction of sp³-hybridized carbons (Fsp3) is 1.00. The molecule has 0 bridgehead atoms. The van der Waals surface area contributed by atoms with Gasteiger partial charge in [-0.3, -0.25) is 0 Å². The van der Waals surface area contributed by atoms with Gasteiger partial charge in [0.2, 0.25) is 0 Å². The number of ether oxygens (including phenoxy) is 8. The summed E-state index contributed by atoms with van der Waals surface area (Å²) >= 11 is 0.